The first-order chi connectivity index (χ1) is 9.86. The molecule has 0 saturated carbocycles. The van der Waals surface area contributed by atoms with E-state index in [1.807, 2.05) is 32.0 Å². The lowest BCUT2D eigenvalue weighted by molar-refractivity contribution is -0.140. The summed E-state index contributed by atoms with van der Waals surface area (Å²) in [6.07, 6.45) is 4.32. The van der Waals surface area contributed by atoms with Gasteiger partial charge in [-0.3, -0.25) is 0 Å². The summed E-state index contributed by atoms with van der Waals surface area (Å²) in [7, 11) is 0. The van der Waals surface area contributed by atoms with Crippen LogP contribution in [0.25, 0.3) is 0 Å². The van der Waals surface area contributed by atoms with Crippen molar-refractivity contribution in [3.8, 4) is 0 Å². The molecule has 0 atom stereocenters. The molecule has 0 N–H and O–H groups in total. The predicted molar refractivity (Wildman–Crippen MR) is 81.6 cm³/mol. The van der Waals surface area contributed by atoms with Crippen LogP contribution in [0.5, 0.6) is 0 Å². The Balaban J connectivity index is 1.96. The quantitative estimate of drug-likeness (QED) is 0.425. The third-order valence-corrected chi connectivity index (χ3v) is 3.05. The summed E-state index contributed by atoms with van der Waals surface area (Å²) >= 11 is 0. The maximum absolute atomic E-state index is 5.66. The van der Waals surface area contributed by atoms with Crippen LogP contribution in [0.2, 0.25) is 0 Å². The Hall–Kier alpha value is -0.900. The van der Waals surface area contributed by atoms with Crippen LogP contribution < -0.4 is 0 Å². The molecule has 0 spiro atoms. The van der Waals surface area contributed by atoms with E-state index < -0.39 is 0 Å². The fraction of sp³-hybridized carbons (Fsp3) is 0.647. The molecule has 1 aromatic rings. The lowest BCUT2D eigenvalue weighted by Gasteiger charge is -2.16. The van der Waals surface area contributed by atoms with Gasteiger partial charge in [-0.05, 0) is 38.7 Å². The molecule has 0 amide bonds. The highest BCUT2D eigenvalue weighted by molar-refractivity contribution is 5.13. The molecular formula is C17H28O3. The second-order valence-electron chi connectivity index (χ2n) is 4.73. The summed E-state index contributed by atoms with van der Waals surface area (Å²) < 4.78 is 16.7. The summed E-state index contributed by atoms with van der Waals surface area (Å²) in [4.78, 5) is 0. The van der Waals surface area contributed by atoms with E-state index >= 15 is 0 Å². The second kappa shape index (κ2) is 11.9. The number of benzene rings is 1. The van der Waals surface area contributed by atoms with Gasteiger partial charge in [0.15, 0.2) is 6.29 Å². The van der Waals surface area contributed by atoms with E-state index in [1.54, 1.807) is 0 Å². The van der Waals surface area contributed by atoms with Crippen LogP contribution in [0.1, 0.15) is 45.1 Å². The Morgan fingerprint density at radius 2 is 1.60 bits per heavy atom. The fourth-order valence-electron chi connectivity index (χ4n) is 2.04. The number of unbranched alkanes of at least 4 members (excludes halogenated alkanes) is 2. The van der Waals surface area contributed by atoms with Crippen molar-refractivity contribution < 1.29 is 14.2 Å². The van der Waals surface area contributed by atoms with Gasteiger partial charge < -0.3 is 14.2 Å². The molecule has 0 aliphatic carbocycles. The molecule has 20 heavy (non-hydrogen) atoms. The summed E-state index contributed by atoms with van der Waals surface area (Å²) in [6.45, 7) is 6.97. The summed E-state index contributed by atoms with van der Waals surface area (Å²) in [6, 6.07) is 10.3. The Morgan fingerprint density at radius 3 is 2.25 bits per heavy atom. The normalized spacial score (nSPS) is 11.2. The lowest BCUT2D eigenvalue weighted by Crippen LogP contribution is -2.17. The minimum absolute atomic E-state index is 0.0322. The lowest BCUT2D eigenvalue weighted by atomic mass is 10.2. The molecule has 0 fully saturated rings. The van der Waals surface area contributed by atoms with E-state index in [9.17, 15) is 0 Å². The van der Waals surface area contributed by atoms with Crippen molar-refractivity contribution in [3.63, 3.8) is 0 Å². The van der Waals surface area contributed by atoms with Gasteiger partial charge in [0.05, 0.1) is 6.61 Å². The van der Waals surface area contributed by atoms with Gasteiger partial charge in [-0.1, -0.05) is 36.8 Å². The zero-order chi connectivity index (χ0) is 14.5. The highest BCUT2D eigenvalue weighted by Gasteiger charge is 2.06. The van der Waals surface area contributed by atoms with Crippen LogP contribution in [0, 0.1) is 0 Å². The smallest absolute Gasteiger partial charge is 0.157 e. The van der Waals surface area contributed by atoms with Crippen molar-refractivity contribution in [1.82, 2.24) is 0 Å². The first-order valence-corrected chi connectivity index (χ1v) is 7.71. The van der Waals surface area contributed by atoms with E-state index in [4.69, 9.17) is 14.2 Å². The summed E-state index contributed by atoms with van der Waals surface area (Å²) in [5.41, 5.74) is 1.24. The number of ether oxygens (including phenoxy) is 3. The number of hydrogen-bond donors (Lipinski definition) is 0. The van der Waals surface area contributed by atoms with Crippen LogP contribution in [0.3, 0.4) is 0 Å². The highest BCUT2D eigenvalue weighted by Crippen LogP contribution is 2.09. The van der Waals surface area contributed by atoms with Crippen LogP contribution in [0.15, 0.2) is 30.3 Å². The minimum Gasteiger partial charge on any atom is -0.377 e. The maximum Gasteiger partial charge on any atom is 0.157 e. The first kappa shape index (κ1) is 17.2. The zero-order valence-electron chi connectivity index (χ0n) is 12.8. The molecule has 0 unspecified atom stereocenters. The Bertz CT molecular complexity index is 307. The van der Waals surface area contributed by atoms with Gasteiger partial charge in [0.1, 0.15) is 0 Å². The summed E-state index contributed by atoms with van der Waals surface area (Å²) in [5.74, 6) is 0. The van der Waals surface area contributed by atoms with Crippen LogP contribution in [0.4, 0.5) is 0 Å². The van der Waals surface area contributed by atoms with E-state index in [2.05, 4.69) is 12.1 Å². The average molecular weight is 280 g/mol. The predicted octanol–water partition coefficient (Wildman–Crippen LogP) is 4.16. The van der Waals surface area contributed by atoms with E-state index in [0.717, 1.165) is 32.3 Å². The van der Waals surface area contributed by atoms with Gasteiger partial charge >= 0.3 is 0 Å². The Labute approximate surface area is 123 Å². The van der Waals surface area contributed by atoms with E-state index in [0.29, 0.717) is 19.8 Å². The topological polar surface area (TPSA) is 27.7 Å². The van der Waals surface area contributed by atoms with E-state index in [-0.39, 0.29) is 6.29 Å². The molecular weight excluding hydrogens is 252 g/mol. The molecule has 114 valence electrons. The maximum atomic E-state index is 5.66. The minimum atomic E-state index is -0.0322. The second-order valence-corrected chi connectivity index (χ2v) is 4.73. The zero-order valence-corrected chi connectivity index (χ0v) is 12.8. The molecule has 0 aromatic heterocycles. The fourth-order valence-corrected chi connectivity index (χ4v) is 2.04. The van der Waals surface area contributed by atoms with Crippen molar-refractivity contribution in [2.24, 2.45) is 0 Å². The molecule has 0 aliphatic heterocycles. The molecule has 1 rings (SSSR count). The van der Waals surface area contributed by atoms with Crippen molar-refractivity contribution in [1.29, 1.82) is 0 Å². The molecule has 0 radical (unpaired) electrons. The van der Waals surface area contributed by atoms with E-state index in [1.165, 1.54) is 5.56 Å². The van der Waals surface area contributed by atoms with Gasteiger partial charge in [-0.15, -0.1) is 0 Å². The first-order valence-electron chi connectivity index (χ1n) is 7.71. The van der Waals surface area contributed by atoms with Crippen molar-refractivity contribution in [3.05, 3.63) is 35.9 Å². The van der Waals surface area contributed by atoms with Crippen LogP contribution in [-0.2, 0) is 20.8 Å². The SMILES string of the molecule is CCOC(CCCCCOCc1ccccc1)OCC. The monoisotopic (exact) mass is 280 g/mol. The molecule has 0 bridgehead atoms. The van der Waals surface area contributed by atoms with Crippen LogP contribution >= 0.6 is 0 Å². The Morgan fingerprint density at radius 1 is 0.900 bits per heavy atom. The molecule has 0 heterocycles. The molecule has 3 nitrogen and oxygen atoms in total. The highest BCUT2D eigenvalue weighted by atomic mass is 16.7. The van der Waals surface area contributed by atoms with Gasteiger partial charge in [-0.25, -0.2) is 0 Å². The molecule has 1 aromatic carbocycles. The third kappa shape index (κ3) is 8.31. The van der Waals surface area contributed by atoms with Crippen LogP contribution in [-0.4, -0.2) is 26.1 Å². The molecule has 0 saturated heterocycles. The van der Waals surface area contributed by atoms with Gasteiger partial charge in [0.25, 0.3) is 0 Å². The van der Waals surface area contributed by atoms with Gasteiger partial charge in [0, 0.05) is 19.8 Å². The van der Waals surface area contributed by atoms with Crippen molar-refractivity contribution >= 4 is 0 Å². The third-order valence-electron chi connectivity index (χ3n) is 3.05. The average Bonchev–Trinajstić information content (AvgIpc) is 2.47. The number of rotatable bonds is 12. The number of hydrogen-bond acceptors (Lipinski definition) is 3. The van der Waals surface area contributed by atoms with Crippen molar-refractivity contribution in [2.45, 2.75) is 52.4 Å². The van der Waals surface area contributed by atoms with Gasteiger partial charge in [0.2, 0.25) is 0 Å². The van der Waals surface area contributed by atoms with Gasteiger partial charge in [-0.2, -0.15) is 0 Å². The molecule has 0 aliphatic rings. The largest absolute Gasteiger partial charge is 0.377 e. The standard InChI is InChI=1S/C17H28O3/c1-3-19-17(20-4-2)13-9-6-10-14-18-15-16-11-7-5-8-12-16/h5,7-8,11-12,17H,3-4,6,9-10,13-15H2,1-2H3. The Kier molecular flexibility index (Phi) is 10.2. The summed E-state index contributed by atoms with van der Waals surface area (Å²) in [5, 5.41) is 0. The molecule has 3 heteroatoms. The van der Waals surface area contributed by atoms with Crippen molar-refractivity contribution in [2.75, 3.05) is 19.8 Å².